The predicted molar refractivity (Wildman–Crippen MR) is 118 cm³/mol. The summed E-state index contributed by atoms with van der Waals surface area (Å²) in [6.07, 6.45) is 0.638. The summed E-state index contributed by atoms with van der Waals surface area (Å²) in [4.78, 5) is 13.1. The highest BCUT2D eigenvalue weighted by atomic mass is 16.5. The molecule has 0 heterocycles. The summed E-state index contributed by atoms with van der Waals surface area (Å²) in [7, 11) is 3.28. The maximum atomic E-state index is 13.1. The Morgan fingerprint density at radius 3 is 2.07 bits per heavy atom. The molecule has 0 aliphatic rings. The molecule has 5 heteroatoms. The van der Waals surface area contributed by atoms with Crippen molar-refractivity contribution < 1.29 is 19.0 Å². The first-order chi connectivity index (χ1) is 14.6. The number of amides is 1. The minimum Gasteiger partial charge on any atom is -0.497 e. The summed E-state index contributed by atoms with van der Waals surface area (Å²) in [5, 5.41) is 3.17. The molecule has 0 radical (unpaired) electrons. The Kier molecular flexibility index (Phi) is 7.33. The molecule has 1 amide bonds. The van der Waals surface area contributed by atoms with E-state index in [-0.39, 0.29) is 11.9 Å². The topological polar surface area (TPSA) is 56.8 Å². The number of carbonyl (C=O) groups excluding carboxylic acids is 1. The molecule has 0 saturated heterocycles. The fraction of sp³-hybridized carbons (Fsp3) is 0.240. The second kappa shape index (κ2) is 10.3. The number of nitrogens with one attached hydrogen (secondary N) is 1. The van der Waals surface area contributed by atoms with Gasteiger partial charge in [0.05, 0.1) is 32.4 Å². The number of ether oxygens (including phenoxy) is 3. The minimum atomic E-state index is -0.216. The van der Waals surface area contributed by atoms with Crippen LogP contribution in [0.5, 0.6) is 17.2 Å². The van der Waals surface area contributed by atoms with E-state index in [4.69, 9.17) is 14.2 Å². The number of hydrogen-bond acceptors (Lipinski definition) is 4. The van der Waals surface area contributed by atoms with Crippen molar-refractivity contribution in [1.29, 1.82) is 0 Å². The van der Waals surface area contributed by atoms with E-state index in [2.05, 4.69) is 5.32 Å². The number of carbonyl (C=O) groups is 1. The van der Waals surface area contributed by atoms with Gasteiger partial charge in [-0.1, -0.05) is 36.4 Å². The molecular formula is C25H27NO4. The first kappa shape index (κ1) is 21.2. The van der Waals surface area contributed by atoms with Gasteiger partial charge in [-0.15, -0.1) is 0 Å². The molecule has 3 rings (SSSR count). The summed E-state index contributed by atoms with van der Waals surface area (Å²) < 4.78 is 16.1. The van der Waals surface area contributed by atoms with Crippen molar-refractivity contribution in [1.82, 2.24) is 5.32 Å². The van der Waals surface area contributed by atoms with Gasteiger partial charge in [-0.25, -0.2) is 0 Å². The summed E-state index contributed by atoms with van der Waals surface area (Å²) in [5.41, 5.74) is 2.61. The van der Waals surface area contributed by atoms with Gasteiger partial charge in [-0.3, -0.25) is 4.79 Å². The number of benzene rings is 3. The molecule has 0 aliphatic heterocycles. The molecule has 1 unspecified atom stereocenters. The Labute approximate surface area is 177 Å². The zero-order chi connectivity index (χ0) is 21.3. The minimum absolute atomic E-state index is 0.173. The van der Waals surface area contributed by atoms with Crippen molar-refractivity contribution in [2.75, 3.05) is 20.8 Å². The van der Waals surface area contributed by atoms with Crippen molar-refractivity contribution in [2.45, 2.75) is 19.4 Å². The maximum absolute atomic E-state index is 13.1. The number of methoxy groups -OCH3 is 2. The van der Waals surface area contributed by atoms with Gasteiger partial charge in [-0.2, -0.15) is 0 Å². The Morgan fingerprint density at radius 1 is 0.867 bits per heavy atom. The van der Waals surface area contributed by atoms with Crippen molar-refractivity contribution >= 4 is 5.91 Å². The van der Waals surface area contributed by atoms with Gasteiger partial charge in [0.2, 0.25) is 0 Å². The van der Waals surface area contributed by atoms with Gasteiger partial charge in [0, 0.05) is 0 Å². The monoisotopic (exact) mass is 405 g/mol. The van der Waals surface area contributed by atoms with Gasteiger partial charge in [0.1, 0.15) is 17.2 Å². The molecular weight excluding hydrogens is 378 g/mol. The average molecular weight is 405 g/mol. The molecule has 0 fully saturated rings. The van der Waals surface area contributed by atoms with Crippen LogP contribution < -0.4 is 19.5 Å². The molecule has 0 bridgehead atoms. The number of hydrogen-bond donors (Lipinski definition) is 1. The molecule has 0 saturated carbocycles. The van der Waals surface area contributed by atoms with E-state index in [9.17, 15) is 4.79 Å². The Bertz CT molecular complexity index is 952. The van der Waals surface area contributed by atoms with Gasteiger partial charge in [-0.05, 0) is 60.9 Å². The zero-order valence-corrected chi connectivity index (χ0v) is 17.6. The third-order valence-corrected chi connectivity index (χ3v) is 4.85. The molecule has 1 atom stereocenters. The first-order valence-corrected chi connectivity index (χ1v) is 9.94. The Hall–Kier alpha value is -3.47. The lowest BCUT2D eigenvalue weighted by Gasteiger charge is -2.21. The normalized spacial score (nSPS) is 11.4. The quantitative estimate of drug-likeness (QED) is 0.555. The summed E-state index contributed by atoms with van der Waals surface area (Å²) in [5.74, 6) is 1.98. The molecule has 1 N–H and O–H groups in total. The highest BCUT2D eigenvalue weighted by molar-refractivity contribution is 5.97. The SMILES string of the molecule is CCOc1ccccc1C(=O)NC(Cc1ccc(OC)cc1)c1ccc(OC)cc1. The second-order valence-corrected chi connectivity index (χ2v) is 6.78. The van der Waals surface area contributed by atoms with E-state index in [1.165, 1.54) is 0 Å². The number of rotatable bonds is 9. The van der Waals surface area contributed by atoms with Crippen LogP contribution in [0.25, 0.3) is 0 Å². The predicted octanol–water partition coefficient (Wildman–Crippen LogP) is 4.82. The molecule has 5 nitrogen and oxygen atoms in total. The van der Waals surface area contributed by atoms with Gasteiger partial charge in [0.15, 0.2) is 0 Å². The fourth-order valence-electron chi connectivity index (χ4n) is 3.26. The van der Waals surface area contributed by atoms with Crippen LogP contribution >= 0.6 is 0 Å². The second-order valence-electron chi connectivity index (χ2n) is 6.78. The van der Waals surface area contributed by atoms with Crippen molar-refractivity contribution in [3.05, 3.63) is 89.5 Å². The standard InChI is InChI=1S/C25H27NO4/c1-4-30-24-8-6-5-7-22(24)25(27)26-23(19-11-15-21(29-3)16-12-19)17-18-9-13-20(28-2)14-10-18/h5-16,23H,4,17H2,1-3H3,(H,26,27). The van der Waals surface area contributed by atoms with Crippen molar-refractivity contribution in [3.8, 4) is 17.2 Å². The van der Waals surface area contributed by atoms with Crippen LogP contribution in [0.3, 0.4) is 0 Å². The highest BCUT2D eigenvalue weighted by Gasteiger charge is 2.19. The van der Waals surface area contributed by atoms with E-state index in [1.54, 1.807) is 20.3 Å². The number of para-hydroxylation sites is 1. The van der Waals surface area contributed by atoms with Gasteiger partial charge in [0.25, 0.3) is 5.91 Å². The lowest BCUT2D eigenvalue weighted by atomic mass is 9.98. The van der Waals surface area contributed by atoms with Crippen LogP contribution in [-0.2, 0) is 6.42 Å². The van der Waals surface area contributed by atoms with Crippen LogP contribution in [0.2, 0.25) is 0 Å². The third-order valence-electron chi connectivity index (χ3n) is 4.85. The van der Waals surface area contributed by atoms with E-state index in [0.29, 0.717) is 24.3 Å². The Balaban J connectivity index is 1.87. The van der Waals surface area contributed by atoms with Crippen molar-refractivity contribution in [3.63, 3.8) is 0 Å². The van der Waals surface area contributed by atoms with Crippen LogP contribution in [0.1, 0.15) is 34.5 Å². The van der Waals surface area contributed by atoms with Gasteiger partial charge < -0.3 is 19.5 Å². The largest absolute Gasteiger partial charge is 0.497 e. The van der Waals surface area contributed by atoms with E-state index in [1.807, 2.05) is 73.7 Å². The zero-order valence-electron chi connectivity index (χ0n) is 17.6. The molecule has 156 valence electrons. The van der Waals surface area contributed by atoms with Crippen LogP contribution in [0.15, 0.2) is 72.8 Å². The molecule has 0 aromatic heterocycles. The van der Waals surface area contributed by atoms with Gasteiger partial charge >= 0.3 is 0 Å². The maximum Gasteiger partial charge on any atom is 0.255 e. The molecule has 0 aliphatic carbocycles. The Morgan fingerprint density at radius 2 is 1.47 bits per heavy atom. The third kappa shape index (κ3) is 5.32. The molecule has 3 aromatic rings. The molecule has 0 spiro atoms. The molecule has 30 heavy (non-hydrogen) atoms. The lowest BCUT2D eigenvalue weighted by molar-refractivity contribution is 0.0932. The van der Waals surface area contributed by atoms with E-state index in [0.717, 1.165) is 22.6 Å². The van der Waals surface area contributed by atoms with Crippen LogP contribution in [0, 0.1) is 0 Å². The van der Waals surface area contributed by atoms with E-state index >= 15 is 0 Å². The van der Waals surface area contributed by atoms with E-state index < -0.39 is 0 Å². The first-order valence-electron chi connectivity index (χ1n) is 9.94. The van der Waals surface area contributed by atoms with Crippen LogP contribution in [-0.4, -0.2) is 26.7 Å². The molecule has 3 aromatic carbocycles. The fourth-order valence-corrected chi connectivity index (χ4v) is 3.26. The van der Waals surface area contributed by atoms with Crippen LogP contribution in [0.4, 0.5) is 0 Å². The highest BCUT2D eigenvalue weighted by Crippen LogP contribution is 2.25. The lowest BCUT2D eigenvalue weighted by Crippen LogP contribution is -2.30. The van der Waals surface area contributed by atoms with Crippen molar-refractivity contribution in [2.24, 2.45) is 0 Å². The summed E-state index contributed by atoms with van der Waals surface area (Å²) in [6.45, 7) is 2.40. The summed E-state index contributed by atoms with van der Waals surface area (Å²) >= 11 is 0. The smallest absolute Gasteiger partial charge is 0.255 e. The summed E-state index contributed by atoms with van der Waals surface area (Å²) in [6, 6.07) is 22.7. The average Bonchev–Trinajstić information content (AvgIpc) is 2.79.